The number of para-hydroxylation sites is 4. The Morgan fingerprint density at radius 1 is 0.971 bits per heavy atom. The fourth-order valence-corrected chi connectivity index (χ4v) is 4.09. The molecule has 6 heteroatoms. The van der Waals surface area contributed by atoms with Gasteiger partial charge < -0.3 is 19.4 Å². The summed E-state index contributed by atoms with van der Waals surface area (Å²) < 4.78 is 13.8. The Bertz CT molecular complexity index is 1260. The third-order valence-electron chi connectivity index (χ3n) is 5.78. The molecule has 176 valence electrons. The van der Waals surface area contributed by atoms with E-state index in [9.17, 15) is 4.79 Å². The topological polar surface area (TPSA) is 65.4 Å². The minimum absolute atomic E-state index is 0.0257. The molecular formula is C28H31N3O3. The van der Waals surface area contributed by atoms with Crippen LogP contribution in [-0.2, 0) is 17.8 Å². The molecule has 34 heavy (non-hydrogen) atoms. The first-order valence-electron chi connectivity index (χ1n) is 11.7. The van der Waals surface area contributed by atoms with Crippen molar-refractivity contribution >= 4 is 16.9 Å². The summed E-state index contributed by atoms with van der Waals surface area (Å²) in [6.45, 7) is 7.56. The predicted molar refractivity (Wildman–Crippen MR) is 134 cm³/mol. The number of carbonyl (C=O) groups excluding carboxylic acids is 1. The number of benzene rings is 3. The Morgan fingerprint density at radius 3 is 2.41 bits per heavy atom. The Hall–Kier alpha value is -3.80. The number of nitrogens with one attached hydrogen (secondary N) is 1. The number of hydrogen-bond acceptors (Lipinski definition) is 4. The van der Waals surface area contributed by atoms with Crippen molar-refractivity contribution in [2.24, 2.45) is 0 Å². The van der Waals surface area contributed by atoms with E-state index in [1.807, 2.05) is 93.6 Å². The standard InChI is InChI=1S/C28H31N3O3/c1-4-33-25-15-9-10-16-26(25)34-18-17-31-24-14-8-7-13-23(24)30-28(31)21(3)29-27(32)19-22-12-6-5-11-20(22)2/h5-16,21H,4,17-19H2,1-3H3,(H,29,32). The van der Waals surface area contributed by atoms with E-state index in [-0.39, 0.29) is 11.9 Å². The van der Waals surface area contributed by atoms with Gasteiger partial charge in [-0.1, -0.05) is 48.5 Å². The molecule has 0 radical (unpaired) electrons. The fraction of sp³-hybridized carbons (Fsp3) is 0.286. The van der Waals surface area contributed by atoms with Gasteiger partial charge in [0.1, 0.15) is 12.4 Å². The average Bonchev–Trinajstić information content (AvgIpc) is 3.21. The van der Waals surface area contributed by atoms with Gasteiger partial charge >= 0.3 is 0 Å². The Labute approximate surface area is 200 Å². The van der Waals surface area contributed by atoms with Gasteiger partial charge in [0.15, 0.2) is 11.5 Å². The zero-order valence-electron chi connectivity index (χ0n) is 20.0. The molecule has 4 aromatic rings. The highest BCUT2D eigenvalue weighted by molar-refractivity contribution is 5.80. The minimum atomic E-state index is -0.250. The number of rotatable bonds is 10. The second-order valence-corrected chi connectivity index (χ2v) is 8.23. The van der Waals surface area contributed by atoms with Gasteiger partial charge in [0.25, 0.3) is 0 Å². The number of aromatic nitrogens is 2. The number of imidazole rings is 1. The SMILES string of the molecule is CCOc1ccccc1OCCn1c(C(C)NC(=O)Cc2ccccc2C)nc2ccccc21. The van der Waals surface area contributed by atoms with Crippen molar-refractivity contribution in [3.05, 3.63) is 89.7 Å². The number of ether oxygens (including phenoxy) is 2. The van der Waals surface area contributed by atoms with E-state index in [0.29, 0.717) is 26.2 Å². The molecule has 0 aliphatic heterocycles. The van der Waals surface area contributed by atoms with Crippen LogP contribution in [0.4, 0.5) is 0 Å². The van der Waals surface area contributed by atoms with Gasteiger partial charge in [-0.2, -0.15) is 0 Å². The van der Waals surface area contributed by atoms with Crippen LogP contribution >= 0.6 is 0 Å². The van der Waals surface area contributed by atoms with E-state index < -0.39 is 0 Å². The highest BCUT2D eigenvalue weighted by Gasteiger charge is 2.19. The van der Waals surface area contributed by atoms with Crippen LogP contribution in [-0.4, -0.2) is 28.7 Å². The van der Waals surface area contributed by atoms with Crippen molar-refractivity contribution in [1.29, 1.82) is 0 Å². The zero-order chi connectivity index (χ0) is 23.9. The van der Waals surface area contributed by atoms with E-state index in [2.05, 4.69) is 9.88 Å². The maximum Gasteiger partial charge on any atom is 0.225 e. The van der Waals surface area contributed by atoms with Crippen LogP contribution in [0.15, 0.2) is 72.8 Å². The van der Waals surface area contributed by atoms with Gasteiger partial charge in [0, 0.05) is 0 Å². The van der Waals surface area contributed by atoms with E-state index >= 15 is 0 Å². The van der Waals surface area contributed by atoms with Gasteiger partial charge in [0.2, 0.25) is 5.91 Å². The molecule has 0 spiro atoms. The maximum atomic E-state index is 12.8. The molecule has 3 aromatic carbocycles. The molecule has 1 unspecified atom stereocenters. The molecule has 1 amide bonds. The summed E-state index contributed by atoms with van der Waals surface area (Å²) >= 11 is 0. The normalized spacial score (nSPS) is 11.9. The number of carbonyl (C=O) groups is 1. The van der Waals surface area contributed by atoms with Gasteiger partial charge in [-0.3, -0.25) is 4.79 Å². The predicted octanol–water partition coefficient (Wildman–Crippen LogP) is 5.24. The third-order valence-corrected chi connectivity index (χ3v) is 5.78. The monoisotopic (exact) mass is 457 g/mol. The Balaban J connectivity index is 1.49. The summed E-state index contributed by atoms with van der Waals surface area (Å²) in [7, 11) is 0. The van der Waals surface area contributed by atoms with Crippen molar-refractivity contribution in [1.82, 2.24) is 14.9 Å². The van der Waals surface area contributed by atoms with Crippen LogP contribution in [0.1, 0.15) is 36.8 Å². The fourth-order valence-electron chi connectivity index (χ4n) is 4.09. The van der Waals surface area contributed by atoms with Crippen molar-refractivity contribution in [3.63, 3.8) is 0 Å². The van der Waals surface area contributed by atoms with Crippen molar-refractivity contribution in [3.8, 4) is 11.5 Å². The number of nitrogens with zero attached hydrogens (tertiary/aromatic N) is 2. The van der Waals surface area contributed by atoms with Gasteiger partial charge in [0.05, 0.1) is 36.6 Å². The van der Waals surface area contributed by atoms with E-state index in [1.54, 1.807) is 0 Å². The van der Waals surface area contributed by atoms with Crippen LogP contribution in [0.25, 0.3) is 11.0 Å². The number of fused-ring (bicyclic) bond motifs is 1. The van der Waals surface area contributed by atoms with Gasteiger partial charge in [-0.05, 0) is 56.2 Å². The summed E-state index contributed by atoms with van der Waals surface area (Å²) in [6.07, 6.45) is 0.342. The van der Waals surface area contributed by atoms with Crippen LogP contribution in [0, 0.1) is 6.92 Å². The van der Waals surface area contributed by atoms with Crippen LogP contribution < -0.4 is 14.8 Å². The molecule has 1 N–H and O–H groups in total. The summed E-state index contributed by atoms with van der Waals surface area (Å²) in [6, 6.07) is 23.4. The molecule has 0 bridgehead atoms. The van der Waals surface area contributed by atoms with Crippen LogP contribution in [0.3, 0.4) is 0 Å². The molecule has 1 aromatic heterocycles. The molecule has 0 fully saturated rings. The molecule has 0 aliphatic rings. The largest absolute Gasteiger partial charge is 0.490 e. The molecule has 1 atom stereocenters. The molecule has 6 nitrogen and oxygen atoms in total. The van der Waals surface area contributed by atoms with Crippen LogP contribution in [0.5, 0.6) is 11.5 Å². The lowest BCUT2D eigenvalue weighted by atomic mass is 10.1. The molecule has 0 aliphatic carbocycles. The average molecular weight is 458 g/mol. The second-order valence-electron chi connectivity index (χ2n) is 8.23. The molecule has 4 rings (SSSR count). The van der Waals surface area contributed by atoms with E-state index in [0.717, 1.165) is 39.5 Å². The van der Waals surface area contributed by atoms with Crippen molar-refractivity contribution in [2.75, 3.05) is 13.2 Å². The summed E-state index contributed by atoms with van der Waals surface area (Å²) in [4.78, 5) is 17.6. The number of aryl methyl sites for hydroxylation is 1. The summed E-state index contributed by atoms with van der Waals surface area (Å²) in [5.74, 6) is 2.23. The minimum Gasteiger partial charge on any atom is -0.490 e. The van der Waals surface area contributed by atoms with Crippen LogP contribution in [0.2, 0.25) is 0 Å². The quantitative estimate of drug-likeness (QED) is 0.354. The van der Waals surface area contributed by atoms with Gasteiger partial charge in [-0.25, -0.2) is 4.98 Å². The van der Waals surface area contributed by atoms with E-state index in [4.69, 9.17) is 14.5 Å². The number of amides is 1. The lowest BCUT2D eigenvalue weighted by Crippen LogP contribution is -2.30. The lowest BCUT2D eigenvalue weighted by molar-refractivity contribution is -0.121. The third kappa shape index (κ3) is 5.39. The summed E-state index contributed by atoms with van der Waals surface area (Å²) in [5.41, 5.74) is 4.05. The summed E-state index contributed by atoms with van der Waals surface area (Å²) in [5, 5.41) is 3.12. The maximum absolute atomic E-state index is 12.8. The zero-order valence-corrected chi connectivity index (χ0v) is 20.0. The highest BCUT2D eigenvalue weighted by Crippen LogP contribution is 2.27. The molecular weight excluding hydrogens is 426 g/mol. The van der Waals surface area contributed by atoms with Crippen molar-refractivity contribution in [2.45, 2.75) is 39.8 Å². The smallest absolute Gasteiger partial charge is 0.225 e. The van der Waals surface area contributed by atoms with Crippen molar-refractivity contribution < 1.29 is 14.3 Å². The molecule has 0 saturated carbocycles. The second kappa shape index (κ2) is 10.9. The van der Waals surface area contributed by atoms with Gasteiger partial charge in [-0.15, -0.1) is 0 Å². The molecule has 0 saturated heterocycles. The molecule has 1 heterocycles. The highest BCUT2D eigenvalue weighted by atomic mass is 16.5. The number of hydrogen-bond donors (Lipinski definition) is 1. The van der Waals surface area contributed by atoms with E-state index in [1.165, 1.54) is 0 Å². The first-order valence-corrected chi connectivity index (χ1v) is 11.7. The Morgan fingerprint density at radius 2 is 1.65 bits per heavy atom. The first kappa shape index (κ1) is 23.4. The Kier molecular flexibility index (Phi) is 7.48. The lowest BCUT2D eigenvalue weighted by Gasteiger charge is -2.17. The first-order chi connectivity index (χ1) is 16.6.